The minimum Gasteiger partial charge on any atom is -0.366 e. The van der Waals surface area contributed by atoms with Gasteiger partial charge in [-0.15, -0.1) is 0 Å². The van der Waals surface area contributed by atoms with Crippen LogP contribution in [0.15, 0.2) is 11.6 Å². The summed E-state index contributed by atoms with van der Waals surface area (Å²) in [6, 6.07) is -0.858. The Morgan fingerprint density at radius 2 is 2.08 bits per heavy atom. The summed E-state index contributed by atoms with van der Waals surface area (Å²) >= 11 is 0. The first-order chi connectivity index (χ1) is 11.3. The van der Waals surface area contributed by atoms with Gasteiger partial charge in [-0.05, 0) is 26.7 Å². The number of amides is 2. The zero-order chi connectivity index (χ0) is 18.1. The number of allylic oxidation sites excluding steroid dienone is 1. The smallest absolute Gasteiger partial charge is 0.229 e. The predicted octanol–water partition coefficient (Wildman–Crippen LogP) is 1.14. The van der Waals surface area contributed by atoms with Crippen molar-refractivity contribution in [2.45, 2.75) is 70.9 Å². The molecule has 1 saturated heterocycles. The first kappa shape index (κ1) is 20.1. The van der Waals surface area contributed by atoms with Gasteiger partial charge < -0.3 is 25.3 Å². The van der Waals surface area contributed by atoms with Gasteiger partial charge in [0.2, 0.25) is 17.9 Å². The van der Waals surface area contributed by atoms with Crippen LogP contribution in [0.5, 0.6) is 0 Å². The van der Waals surface area contributed by atoms with Crippen molar-refractivity contribution in [3.8, 4) is 0 Å². The summed E-state index contributed by atoms with van der Waals surface area (Å²) in [4.78, 5) is 26.7. The van der Waals surface area contributed by atoms with E-state index < -0.39 is 12.3 Å². The van der Waals surface area contributed by atoms with Crippen molar-refractivity contribution in [2.24, 2.45) is 0 Å². The van der Waals surface area contributed by atoms with E-state index in [1.807, 2.05) is 19.9 Å². The third-order valence-electron chi connectivity index (χ3n) is 3.75. The fourth-order valence-corrected chi connectivity index (χ4v) is 2.34. The highest BCUT2D eigenvalue weighted by atomic mass is 16.6. The van der Waals surface area contributed by atoms with Gasteiger partial charge in [-0.25, -0.2) is 6.57 Å². The number of hydrogen-bond acceptors (Lipinski definition) is 4. The summed E-state index contributed by atoms with van der Waals surface area (Å²) < 4.78 is 5.46. The van der Waals surface area contributed by atoms with E-state index in [9.17, 15) is 14.7 Å². The Hall–Kier alpha value is -1.91. The van der Waals surface area contributed by atoms with E-state index in [0.29, 0.717) is 25.8 Å². The number of aliphatic hydroxyl groups excluding tert-OH is 1. The lowest BCUT2D eigenvalue weighted by molar-refractivity contribution is -0.179. The lowest BCUT2D eigenvalue weighted by atomic mass is 10.0. The zero-order valence-electron chi connectivity index (χ0n) is 14.5. The highest BCUT2D eigenvalue weighted by Gasteiger charge is 2.31. The Morgan fingerprint density at radius 1 is 1.38 bits per heavy atom. The maximum Gasteiger partial charge on any atom is 0.229 e. The molecular formula is C17H27N3O4. The van der Waals surface area contributed by atoms with Crippen molar-refractivity contribution >= 4 is 11.8 Å². The third-order valence-corrected chi connectivity index (χ3v) is 3.75. The molecule has 0 bridgehead atoms. The molecule has 1 fully saturated rings. The van der Waals surface area contributed by atoms with E-state index in [2.05, 4.69) is 15.5 Å². The van der Waals surface area contributed by atoms with Crippen molar-refractivity contribution in [3.63, 3.8) is 0 Å². The van der Waals surface area contributed by atoms with Gasteiger partial charge in [0.25, 0.3) is 0 Å². The van der Waals surface area contributed by atoms with Gasteiger partial charge in [-0.2, -0.15) is 0 Å². The quantitative estimate of drug-likeness (QED) is 0.480. The second-order valence-corrected chi connectivity index (χ2v) is 6.37. The second kappa shape index (κ2) is 10.1. The Labute approximate surface area is 143 Å². The monoisotopic (exact) mass is 337 g/mol. The zero-order valence-corrected chi connectivity index (χ0v) is 14.5. The van der Waals surface area contributed by atoms with Crippen molar-refractivity contribution in [2.75, 3.05) is 6.54 Å². The number of hydrogen-bond donors (Lipinski definition) is 3. The molecule has 134 valence electrons. The Morgan fingerprint density at radius 3 is 2.67 bits per heavy atom. The minimum absolute atomic E-state index is 0.0853. The Bertz CT molecular complexity index is 508. The summed E-state index contributed by atoms with van der Waals surface area (Å²) in [5.41, 5.74) is 1.08. The molecule has 0 aromatic rings. The summed E-state index contributed by atoms with van der Waals surface area (Å²) in [6.07, 6.45) is 2.10. The number of aliphatic hydroxyl groups is 1. The van der Waals surface area contributed by atoms with Crippen molar-refractivity contribution in [1.29, 1.82) is 0 Å². The summed E-state index contributed by atoms with van der Waals surface area (Å²) in [5, 5.41) is 15.5. The van der Waals surface area contributed by atoms with Crippen LogP contribution in [0.4, 0.5) is 0 Å². The van der Waals surface area contributed by atoms with Crippen LogP contribution in [0.2, 0.25) is 0 Å². The van der Waals surface area contributed by atoms with Crippen LogP contribution >= 0.6 is 0 Å². The average molecular weight is 337 g/mol. The Balaban J connectivity index is 2.32. The van der Waals surface area contributed by atoms with E-state index in [0.717, 1.165) is 5.57 Å². The molecule has 7 nitrogen and oxygen atoms in total. The lowest BCUT2D eigenvalue weighted by Gasteiger charge is -2.34. The van der Waals surface area contributed by atoms with Gasteiger partial charge in [-0.1, -0.05) is 11.6 Å². The van der Waals surface area contributed by atoms with Crippen LogP contribution < -0.4 is 10.6 Å². The summed E-state index contributed by atoms with van der Waals surface area (Å²) in [5.74, 6) is -0.350. The van der Waals surface area contributed by atoms with Gasteiger partial charge >= 0.3 is 0 Å². The average Bonchev–Trinajstić information content (AvgIpc) is 2.53. The fourth-order valence-electron chi connectivity index (χ4n) is 2.34. The van der Waals surface area contributed by atoms with Crippen LogP contribution in [-0.4, -0.2) is 47.9 Å². The standard InChI is InChI=1S/C17H27N3O4/c1-11(2)5-8-15(21)19-10-13-6-7-14(17(23)24-13)20-16(22)9-12(3)18-4/h5,12-14,17,23H,6-10H2,1-3H3,(H,19,21)(H,20,22)/t12-,13+,14+,17?/m1/s1. The van der Waals surface area contributed by atoms with Crippen molar-refractivity contribution in [3.05, 3.63) is 23.1 Å². The second-order valence-electron chi connectivity index (χ2n) is 6.37. The van der Waals surface area contributed by atoms with Gasteiger partial charge in [0, 0.05) is 19.9 Å². The first-order valence-electron chi connectivity index (χ1n) is 8.21. The maximum atomic E-state index is 11.8. The molecule has 0 aromatic carbocycles. The van der Waals surface area contributed by atoms with Crippen molar-refractivity contribution in [1.82, 2.24) is 10.6 Å². The predicted molar refractivity (Wildman–Crippen MR) is 89.8 cm³/mol. The van der Waals surface area contributed by atoms with Crippen LogP contribution in [0, 0.1) is 6.57 Å². The molecule has 1 unspecified atom stereocenters. The van der Waals surface area contributed by atoms with Gasteiger partial charge in [0.05, 0.1) is 12.1 Å². The highest BCUT2D eigenvalue weighted by Crippen LogP contribution is 2.18. The third kappa shape index (κ3) is 7.57. The molecule has 0 aromatic heterocycles. The van der Waals surface area contributed by atoms with Gasteiger partial charge in [0.1, 0.15) is 6.42 Å². The Kier molecular flexibility index (Phi) is 8.44. The van der Waals surface area contributed by atoms with E-state index in [4.69, 9.17) is 11.3 Å². The molecule has 0 saturated carbocycles. The van der Waals surface area contributed by atoms with Crippen LogP contribution in [-0.2, 0) is 14.3 Å². The van der Waals surface area contributed by atoms with Crippen LogP contribution in [0.25, 0.3) is 4.85 Å². The molecule has 4 atom stereocenters. The highest BCUT2D eigenvalue weighted by molar-refractivity contribution is 5.77. The summed E-state index contributed by atoms with van der Waals surface area (Å²) in [7, 11) is 0. The van der Waals surface area contributed by atoms with E-state index in [1.54, 1.807) is 6.92 Å². The molecule has 0 aliphatic carbocycles. The largest absolute Gasteiger partial charge is 0.366 e. The normalized spacial score (nSPS) is 24.4. The molecule has 7 heteroatoms. The number of nitrogens with zero attached hydrogens (tertiary/aromatic N) is 1. The van der Waals surface area contributed by atoms with E-state index >= 15 is 0 Å². The molecular weight excluding hydrogens is 310 g/mol. The number of nitrogens with one attached hydrogen (secondary N) is 2. The van der Waals surface area contributed by atoms with Crippen LogP contribution in [0.3, 0.4) is 0 Å². The maximum absolute atomic E-state index is 11.8. The first-order valence-corrected chi connectivity index (χ1v) is 8.21. The number of carbonyl (C=O) groups excluding carboxylic acids is 2. The molecule has 0 radical (unpaired) electrons. The fraction of sp³-hybridized carbons (Fsp3) is 0.706. The molecule has 3 N–H and O–H groups in total. The van der Waals surface area contributed by atoms with E-state index in [-0.39, 0.29) is 30.4 Å². The summed E-state index contributed by atoms with van der Waals surface area (Å²) in [6.45, 7) is 12.7. The topological polar surface area (TPSA) is 92.0 Å². The molecule has 1 rings (SSSR count). The van der Waals surface area contributed by atoms with E-state index in [1.165, 1.54) is 0 Å². The number of carbonyl (C=O) groups is 2. The number of rotatable bonds is 7. The number of ether oxygens (including phenoxy) is 1. The molecule has 1 aliphatic rings. The van der Waals surface area contributed by atoms with Gasteiger partial charge in [-0.3, -0.25) is 9.59 Å². The SMILES string of the molecule is [C-]#[N+][C@H](C)CC(=O)N[C@H]1CC[C@@H](CNC(=O)CC=C(C)C)OC1O. The van der Waals surface area contributed by atoms with Crippen molar-refractivity contribution < 1.29 is 19.4 Å². The molecule has 1 heterocycles. The molecule has 24 heavy (non-hydrogen) atoms. The minimum atomic E-state index is -1.11. The van der Waals surface area contributed by atoms with Crippen LogP contribution in [0.1, 0.15) is 46.5 Å². The lowest BCUT2D eigenvalue weighted by Crippen LogP contribution is -2.51. The van der Waals surface area contributed by atoms with Gasteiger partial charge in [0.15, 0.2) is 6.29 Å². The molecule has 1 aliphatic heterocycles. The molecule has 0 spiro atoms. The molecule has 2 amide bonds.